The maximum atomic E-state index is 10.6. The molecule has 2 fully saturated rings. The SMILES string of the molecule is CC(C)CN1C[C@H]2CN(Cc3ccccn3)C[C@H]2C1.O=C(O)C(F)(F)F.O=C(O)C(F)(F)F. The van der Waals surface area contributed by atoms with E-state index < -0.39 is 24.3 Å². The van der Waals surface area contributed by atoms with E-state index in [1.54, 1.807) is 0 Å². The summed E-state index contributed by atoms with van der Waals surface area (Å²) in [5.41, 5.74) is 1.21. The van der Waals surface area contributed by atoms with Crippen LogP contribution in [0, 0.1) is 17.8 Å². The smallest absolute Gasteiger partial charge is 0.475 e. The number of nitrogens with zero attached hydrogens (tertiary/aromatic N) is 3. The lowest BCUT2D eigenvalue weighted by atomic mass is 10.0. The van der Waals surface area contributed by atoms with Crippen LogP contribution in [0.15, 0.2) is 24.4 Å². The van der Waals surface area contributed by atoms with Gasteiger partial charge in [0.15, 0.2) is 0 Å². The van der Waals surface area contributed by atoms with Crippen LogP contribution >= 0.6 is 0 Å². The van der Waals surface area contributed by atoms with E-state index >= 15 is 0 Å². The number of carbonyl (C=O) groups is 2. The molecule has 2 N–H and O–H groups in total. The first kappa shape index (κ1) is 28.6. The Balaban J connectivity index is 0.000000324. The van der Waals surface area contributed by atoms with Crippen LogP contribution in [0.2, 0.25) is 0 Å². The first-order chi connectivity index (χ1) is 15.1. The van der Waals surface area contributed by atoms with Gasteiger partial charge in [-0.25, -0.2) is 9.59 Å². The number of fused-ring (bicyclic) bond motifs is 1. The van der Waals surface area contributed by atoms with Gasteiger partial charge in [0.1, 0.15) is 0 Å². The van der Waals surface area contributed by atoms with Crippen molar-refractivity contribution < 1.29 is 46.1 Å². The standard InChI is InChI=1S/C16H25N3.2C2HF3O2/c1-13(2)7-18-8-14-10-19(11-15(14)9-18)12-16-5-3-4-6-17-16;2*3-2(4,5)1(6)7/h3-6,13-15H,7-12H2,1-2H3;2*(H,6,7)/t14-,15+;;. The van der Waals surface area contributed by atoms with Crippen molar-refractivity contribution in [2.45, 2.75) is 32.7 Å². The van der Waals surface area contributed by atoms with Gasteiger partial charge in [0.05, 0.1) is 5.69 Å². The van der Waals surface area contributed by atoms with Gasteiger partial charge in [-0.05, 0) is 29.9 Å². The normalized spacial score (nSPS) is 21.0. The summed E-state index contributed by atoms with van der Waals surface area (Å²) in [4.78, 5) is 27.5. The van der Waals surface area contributed by atoms with Gasteiger partial charge < -0.3 is 15.1 Å². The highest BCUT2D eigenvalue weighted by molar-refractivity contribution is 5.73. The molecule has 0 bridgehead atoms. The molecule has 0 spiro atoms. The number of pyridine rings is 1. The molecule has 0 aliphatic carbocycles. The summed E-state index contributed by atoms with van der Waals surface area (Å²) in [6.07, 6.45) is -8.27. The van der Waals surface area contributed by atoms with E-state index in [0.717, 1.165) is 24.3 Å². The summed E-state index contributed by atoms with van der Waals surface area (Å²) < 4.78 is 63.5. The highest BCUT2D eigenvalue weighted by Gasteiger charge is 2.40. The number of hydrogen-bond acceptors (Lipinski definition) is 5. The van der Waals surface area contributed by atoms with Crippen molar-refractivity contribution in [3.63, 3.8) is 0 Å². The molecule has 3 heterocycles. The van der Waals surface area contributed by atoms with Crippen molar-refractivity contribution in [1.29, 1.82) is 0 Å². The highest BCUT2D eigenvalue weighted by atomic mass is 19.4. The van der Waals surface area contributed by atoms with E-state index in [4.69, 9.17) is 19.8 Å². The molecule has 33 heavy (non-hydrogen) atoms. The molecule has 0 radical (unpaired) electrons. The maximum absolute atomic E-state index is 10.6. The van der Waals surface area contributed by atoms with Crippen molar-refractivity contribution in [1.82, 2.24) is 14.8 Å². The van der Waals surface area contributed by atoms with E-state index in [1.807, 2.05) is 12.3 Å². The number of rotatable bonds is 4. The molecule has 2 atom stereocenters. The Kier molecular flexibility index (Phi) is 10.6. The molecule has 0 aromatic carbocycles. The van der Waals surface area contributed by atoms with Crippen LogP contribution in [0.3, 0.4) is 0 Å². The second-order valence-electron chi connectivity index (χ2n) is 8.25. The van der Waals surface area contributed by atoms with Gasteiger partial charge >= 0.3 is 24.3 Å². The fourth-order valence-corrected chi connectivity index (χ4v) is 3.70. The summed E-state index contributed by atoms with van der Waals surface area (Å²) in [7, 11) is 0. The second kappa shape index (κ2) is 12.2. The number of alkyl halides is 6. The third kappa shape index (κ3) is 10.8. The lowest BCUT2D eigenvalue weighted by molar-refractivity contribution is -0.193. The lowest BCUT2D eigenvalue weighted by Crippen LogP contribution is -2.31. The summed E-state index contributed by atoms with van der Waals surface area (Å²) >= 11 is 0. The average molecular weight is 487 g/mol. The van der Waals surface area contributed by atoms with Crippen LogP contribution in [0.4, 0.5) is 26.3 Å². The van der Waals surface area contributed by atoms with Gasteiger partial charge in [0, 0.05) is 45.5 Å². The zero-order valence-electron chi connectivity index (χ0n) is 18.1. The average Bonchev–Trinajstić information content (AvgIpc) is 3.19. The third-order valence-corrected chi connectivity index (χ3v) is 4.86. The first-order valence-corrected chi connectivity index (χ1v) is 10.0. The number of likely N-dealkylation sites (tertiary alicyclic amines) is 2. The van der Waals surface area contributed by atoms with Gasteiger partial charge in [-0.3, -0.25) is 9.88 Å². The van der Waals surface area contributed by atoms with Crippen molar-refractivity contribution >= 4 is 11.9 Å². The Morgan fingerprint density at radius 1 is 0.939 bits per heavy atom. The largest absolute Gasteiger partial charge is 0.490 e. The number of aliphatic carboxylic acids is 2. The number of carboxylic acid groups (broad SMARTS) is 2. The van der Waals surface area contributed by atoms with Gasteiger partial charge in [-0.15, -0.1) is 0 Å². The van der Waals surface area contributed by atoms with Crippen LogP contribution in [0.25, 0.3) is 0 Å². The number of carboxylic acids is 2. The minimum atomic E-state index is -5.08. The molecule has 0 amide bonds. The minimum Gasteiger partial charge on any atom is -0.475 e. The molecular weight excluding hydrogens is 460 g/mol. The van der Waals surface area contributed by atoms with Crippen molar-refractivity contribution in [3.8, 4) is 0 Å². The van der Waals surface area contributed by atoms with Crippen LogP contribution in [0.1, 0.15) is 19.5 Å². The molecular formula is C20H27F6N3O4. The number of halogens is 6. The first-order valence-electron chi connectivity index (χ1n) is 10.0. The highest BCUT2D eigenvalue weighted by Crippen LogP contribution is 2.32. The molecule has 1 aromatic heterocycles. The van der Waals surface area contributed by atoms with Crippen LogP contribution < -0.4 is 0 Å². The molecule has 0 unspecified atom stereocenters. The Morgan fingerprint density at radius 2 is 1.36 bits per heavy atom. The molecule has 7 nitrogen and oxygen atoms in total. The summed E-state index contributed by atoms with van der Waals surface area (Å²) in [5.74, 6) is -2.94. The Hall–Kier alpha value is -2.41. The van der Waals surface area contributed by atoms with Crippen molar-refractivity contribution in [3.05, 3.63) is 30.1 Å². The zero-order chi connectivity index (χ0) is 25.4. The number of aromatic nitrogens is 1. The quantitative estimate of drug-likeness (QED) is 0.629. The lowest BCUT2D eigenvalue weighted by Gasteiger charge is -2.22. The molecule has 2 aliphatic rings. The van der Waals surface area contributed by atoms with Gasteiger partial charge in [-0.1, -0.05) is 19.9 Å². The van der Waals surface area contributed by atoms with Crippen LogP contribution in [0.5, 0.6) is 0 Å². The van der Waals surface area contributed by atoms with Gasteiger partial charge in [-0.2, -0.15) is 26.3 Å². The molecule has 3 rings (SSSR count). The number of hydrogen-bond donors (Lipinski definition) is 2. The van der Waals surface area contributed by atoms with Crippen molar-refractivity contribution in [2.24, 2.45) is 17.8 Å². The predicted octanol–water partition coefficient (Wildman–Crippen LogP) is 3.37. The zero-order valence-corrected chi connectivity index (χ0v) is 18.1. The fourth-order valence-electron chi connectivity index (χ4n) is 3.70. The van der Waals surface area contributed by atoms with E-state index in [0.29, 0.717) is 0 Å². The topological polar surface area (TPSA) is 94.0 Å². The van der Waals surface area contributed by atoms with Crippen LogP contribution in [-0.2, 0) is 16.1 Å². The van der Waals surface area contributed by atoms with E-state index in [1.165, 1.54) is 38.4 Å². The molecule has 188 valence electrons. The molecule has 13 heteroatoms. The minimum absolute atomic E-state index is 0.795. The van der Waals surface area contributed by atoms with E-state index in [-0.39, 0.29) is 0 Å². The second-order valence-corrected chi connectivity index (χ2v) is 8.25. The third-order valence-electron chi connectivity index (χ3n) is 4.86. The van der Waals surface area contributed by atoms with Gasteiger partial charge in [0.2, 0.25) is 0 Å². The Morgan fingerprint density at radius 3 is 1.70 bits per heavy atom. The Labute approximate surface area is 187 Å². The molecule has 0 saturated carbocycles. The Bertz CT molecular complexity index is 720. The van der Waals surface area contributed by atoms with Gasteiger partial charge in [0.25, 0.3) is 0 Å². The monoisotopic (exact) mass is 487 g/mol. The summed E-state index contributed by atoms with van der Waals surface area (Å²) in [6, 6.07) is 6.22. The van der Waals surface area contributed by atoms with Crippen molar-refractivity contribution in [2.75, 3.05) is 32.7 Å². The summed E-state index contributed by atoms with van der Waals surface area (Å²) in [6.45, 7) is 12.1. The molecule has 2 saturated heterocycles. The summed E-state index contributed by atoms with van der Waals surface area (Å²) in [5, 5.41) is 14.2. The van der Waals surface area contributed by atoms with E-state index in [2.05, 4.69) is 40.8 Å². The van der Waals surface area contributed by atoms with E-state index in [9.17, 15) is 26.3 Å². The predicted molar refractivity (Wildman–Crippen MR) is 105 cm³/mol. The molecule has 1 aromatic rings. The fraction of sp³-hybridized carbons (Fsp3) is 0.650. The van der Waals surface area contributed by atoms with Crippen LogP contribution in [-0.4, -0.2) is 82.0 Å². The molecule has 2 aliphatic heterocycles. The maximum Gasteiger partial charge on any atom is 0.490 e.